The van der Waals surface area contributed by atoms with Crippen LogP contribution in [0.1, 0.15) is 24.9 Å². The van der Waals surface area contributed by atoms with Crippen LogP contribution in [0, 0.1) is 5.92 Å². The molecule has 100 valence electrons. The number of rotatable bonds is 4. The summed E-state index contributed by atoms with van der Waals surface area (Å²) in [5, 5.41) is 0. The number of ether oxygens (including phenoxy) is 3. The van der Waals surface area contributed by atoms with Gasteiger partial charge in [0.25, 0.3) is 0 Å². The molecule has 0 radical (unpaired) electrons. The van der Waals surface area contributed by atoms with Crippen molar-refractivity contribution in [3.8, 4) is 11.5 Å². The van der Waals surface area contributed by atoms with Crippen molar-refractivity contribution < 1.29 is 14.2 Å². The molecule has 4 heteroatoms. The van der Waals surface area contributed by atoms with Crippen LogP contribution in [0.3, 0.4) is 0 Å². The van der Waals surface area contributed by atoms with Gasteiger partial charge in [-0.2, -0.15) is 0 Å². The van der Waals surface area contributed by atoms with Gasteiger partial charge in [-0.05, 0) is 19.4 Å². The maximum Gasteiger partial charge on any atom is 0.127 e. The summed E-state index contributed by atoms with van der Waals surface area (Å²) in [7, 11) is 3.29. The molecule has 3 atom stereocenters. The first-order chi connectivity index (χ1) is 8.67. The van der Waals surface area contributed by atoms with Crippen LogP contribution in [0.4, 0.5) is 0 Å². The van der Waals surface area contributed by atoms with Crippen molar-refractivity contribution in [2.24, 2.45) is 11.7 Å². The molecule has 18 heavy (non-hydrogen) atoms. The van der Waals surface area contributed by atoms with Crippen LogP contribution in [-0.4, -0.2) is 26.9 Å². The van der Waals surface area contributed by atoms with Crippen LogP contribution >= 0.6 is 0 Å². The normalized spacial score (nSPS) is 24.9. The Bertz CT molecular complexity index is 408. The molecule has 1 aliphatic rings. The van der Waals surface area contributed by atoms with Crippen LogP contribution in [-0.2, 0) is 4.74 Å². The molecular formula is C14H21NO3. The Kier molecular flexibility index (Phi) is 4.09. The summed E-state index contributed by atoms with van der Waals surface area (Å²) in [5.74, 6) is 1.90. The minimum absolute atomic E-state index is 0.0663. The van der Waals surface area contributed by atoms with Crippen molar-refractivity contribution in [1.29, 1.82) is 0 Å². The van der Waals surface area contributed by atoms with E-state index in [2.05, 4.69) is 6.92 Å². The number of methoxy groups -OCH3 is 2. The Labute approximate surface area is 108 Å². The Morgan fingerprint density at radius 2 is 2.11 bits per heavy atom. The quantitative estimate of drug-likeness (QED) is 0.890. The van der Waals surface area contributed by atoms with Crippen molar-refractivity contribution in [3.63, 3.8) is 0 Å². The Morgan fingerprint density at radius 3 is 2.67 bits per heavy atom. The molecule has 1 fully saturated rings. The van der Waals surface area contributed by atoms with Gasteiger partial charge in [-0.1, -0.05) is 6.07 Å². The van der Waals surface area contributed by atoms with Gasteiger partial charge in [0, 0.05) is 30.2 Å². The van der Waals surface area contributed by atoms with Gasteiger partial charge in [-0.15, -0.1) is 0 Å². The summed E-state index contributed by atoms with van der Waals surface area (Å²) in [6, 6.07) is 5.70. The van der Waals surface area contributed by atoms with E-state index in [-0.39, 0.29) is 12.1 Å². The van der Waals surface area contributed by atoms with Gasteiger partial charge in [0.1, 0.15) is 11.5 Å². The fraction of sp³-hybridized carbons (Fsp3) is 0.571. The van der Waals surface area contributed by atoms with Crippen molar-refractivity contribution in [3.05, 3.63) is 23.8 Å². The minimum atomic E-state index is -0.0663. The molecule has 0 aliphatic carbocycles. The Hall–Kier alpha value is -1.26. The summed E-state index contributed by atoms with van der Waals surface area (Å²) in [6.45, 7) is 2.87. The predicted molar refractivity (Wildman–Crippen MR) is 70.0 cm³/mol. The SMILES string of the molecule is COc1ccc(C(N)C2CCOC2C)c(OC)c1. The van der Waals surface area contributed by atoms with Gasteiger partial charge in [-0.3, -0.25) is 0 Å². The second-order valence-electron chi connectivity index (χ2n) is 4.66. The lowest BCUT2D eigenvalue weighted by Crippen LogP contribution is -2.26. The number of benzene rings is 1. The van der Waals surface area contributed by atoms with E-state index in [1.165, 1.54) is 0 Å². The topological polar surface area (TPSA) is 53.7 Å². The van der Waals surface area contributed by atoms with E-state index in [4.69, 9.17) is 19.9 Å². The second kappa shape index (κ2) is 5.59. The Morgan fingerprint density at radius 1 is 1.33 bits per heavy atom. The van der Waals surface area contributed by atoms with Crippen LogP contribution in [0.5, 0.6) is 11.5 Å². The van der Waals surface area contributed by atoms with E-state index < -0.39 is 0 Å². The van der Waals surface area contributed by atoms with Gasteiger partial charge >= 0.3 is 0 Å². The highest BCUT2D eigenvalue weighted by Crippen LogP contribution is 2.37. The van der Waals surface area contributed by atoms with Crippen molar-refractivity contribution in [2.45, 2.75) is 25.5 Å². The summed E-state index contributed by atoms with van der Waals surface area (Å²) in [5.41, 5.74) is 7.37. The number of hydrogen-bond acceptors (Lipinski definition) is 4. The highest BCUT2D eigenvalue weighted by molar-refractivity contribution is 5.42. The molecule has 3 unspecified atom stereocenters. The highest BCUT2D eigenvalue weighted by atomic mass is 16.5. The lowest BCUT2D eigenvalue weighted by atomic mass is 9.88. The van der Waals surface area contributed by atoms with Gasteiger partial charge in [0.05, 0.1) is 20.3 Å². The van der Waals surface area contributed by atoms with Crippen LogP contribution in [0.25, 0.3) is 0 Å². The molecule has 0 bridgehead atoms. The molecule has 1 aromatic carbocycles. The molecule has 1 aliphatic heterocycles. The number of hydrogen-bond donors (Lipinski definition) is 1. The van der Waals surface area contributed by atoms with E-state index in [1.807, 2.05) is 18.2 Å². The molecule has 0 saturated carbocycles. The van der Waals surface area contributed by atoms with Crippen molar-refractivity contribution in [2.75, 3.05) is 20.8 Å². The van der Waals surface area contributed by atoms with Crippen LogP contribution in [0.2, 0.25) is 0 Å². The lowest BCUT2D eigenvalue weighted by Gasteiger charge is -2.24. The standard InChI is InChI=1S/C14H21NO3/c1-9-11(6-7-18-9)14(15)12-5-4-10(16-2)8-13(12)17-3/h4-5,8-9,11,14H,6-7,15H2,1-3H3. The second-order valence-corrected chi connectivity index (χ2v) is 4.66. The largest absolute Gasteiger partial charge is 0.497 e. The van der Waals surface area contributed by atoms with Crippen LogP contribution < -0.4 is 15.2 Å². The zero-order valence-electron chi connectivity index (χ0n) is 11.2. The summed E-state index contributed by atoms with van der Waals surface area (Å²) < 4.78 is 16.2. The zero-order valence-corrected chi connectivity index (χ0v) is 11.2. The highest BCUT2D eigenvalue weighted by Gasteiger charge is 2.32. The molecule has 1 heterocycles. The van der Waals surface area contributed by atoms with Crippen molar-refractivity contribution >= 4 is 0 Å². The molecule has 0 amide bonds. The molecule has 1 aromatic rings. The fourth-order valence-corrected chi connectivity index (χ4v) is 2.54. The first-order valence-corrected chi connectivity index (χ1v) is 6.26. The third-order valence-electron chi connectivity index (χ3n) is 3.70. The van der Waals surface area contributed by atoms with Crippen molar-refractivity contribution in [1.82, 2.24) is 0 Å². The van der Waals surface area contributed by atoms with Gasteiger partial charge in [0.2, 0.25) is 0 Å². The van der Waals surface area contributed by atoms with E-state index in [0.717, 1.165) is 30.1 Å². The Balaban J connectivity index is 2.26. The number of nitrogens with two attached hydrogens (primary N) is 1. The van der Waals surface area contributed by atoms with E-state index in [9.17, 15) is 0 Å². The van der Waals surface area contributed by atoms with Gasteiger partial charge < -0.3 is 19.9 Å². The predicted octanol–water partition coefficient (Wildman–Crippen LogP) is 2.13. The first kappa shape index (κ1) is 13.2. The maximum atomic E-state index is 6.36. The molecule has 2 N–H and O–H groups in total. The summed E-state index contributed by atoms with van der Waals surface area (Å²) in [6.07, 6.45) is 1.20. The molecule has 1 saturated heterocycles. The first-order valence-electron chi connectivity index (χ1n) is 6.26. The lowest BCUT2D eigenvalue weighted by molar-refractivity contribution is 0.0992. The third kappa shape index (κ3) is 2.44. The average Bonchev–Trinajstić information content (AvgIpc) is 2.83. The average molecular weight is 251 g/mol. The monoisotopic (exact) mass is 251 g/mol. The van der Waals surface area contributed by atoms with Gasteiger partial charge in [0.15, 0.2) is 0 Å². The minimum Gasteiger partial charge on any atom is -0.497 e. The molecule has 0 aromatic heterocycles. The molecule has 0 spiro atoms. The van der Waals surface area contributed by atoms with E-state index in [0.29, 0.717) is 5.92 Å². The molecular weight excluding hydrogens is 230 g/mol. The smallest absolute Gasteiger partial charge is 0.127 e. The van der Waals surface area contributed by atoms with E-state index >= 15 is 0 Å². The summed E-state index contributed by atoms with van der Waals surface area (Å²) >= 11 is 0. The maximum absolute atomic E-state index is 6.36. The van der Waals surface area contributed by atoms with Crippen LogP contribution in [0.15, 0.2) is 18.2 Å². The molecule has 2 rings (SSSR count). The molecule has 4 nitrogen and oxygen atoms in total. The fourth-order valence-electron chi connectivity index (χ4n) is 2.54. The summed E-state index contributed by atoms with van der Waals surface area (Å²) in [4.78, 5) is 0. The third-order valence-corrected chi connectivity index (χ3v) is 3.70. The van der Waals surface area contributed by atoms with Gasteiger partial charge in [-0.25, -0.2) is 0 Å². The van der Waals surface area contributed by atoms with E-state index in [1.54, 1.807) is 14.2 Å². The zero-order chi connectivity index (χ0) is 13.1.